The van der Waals surface area contributed by atoms with Crippen molar-refractivity contribution in [1.29, 1.82) is 0 Å². The van der Waals surface area contributed by atoms with Gasteiger partial charge in [0.2, 0.25) is 0 Å². The number of nitrogens with one attached hydrogen (secondary N) is 2. The second kappa shape index (κ2) is 5.53. The highest BCUT2D eigenvalue weighted by Gasteiger charge is 2.34. The van der Waals surface area contributed by atoms with Crippen LogP contribution in [0.15, 0.2) is 18.2 Å². The van der Waals surface area contributed by atoms with Crippen molar-refractivity contribution < 1.29 is 0 Å². The largest absolute Gasteiger partial charge is 0.358 e. The second-order valence-electron chi connectivity index (χ2n) is 7.33. The topological polar surface area (TPSA) is 34.3 Å². The van der Waals surface area contributed by atoms with E-state index in [4.69, 9.17) is 0 Å². The lowest BCUT2D eigenvalue weighted by molar-refractivity contribution is 0.244. The number of nitrogens with zero attached hydrogens (tertiary/aromatic N) is 2. The number of hydrogen-bond acceptors (Lipinski definition) is 3. The Kier molecular flexibility index (Phi) is 3.34. The minimum atomic E-state index is 0.784. The van der Waals surface area contributed by atoms with Crippen LogP contribution in [0.2, 0.25) is 0 Å². The molecule has 1 aromatic heterocycles. The van der Waals surface area contributed by atoms with Crippen molar-refractivity contribution in [2.45, 2.75) is 25.2 Å². The Morgan fingerprint density at radius 1 is 1.04 bits per heavy atom. The number of H-pyrrole nitrogens is 1. The summed E-state index contributed by atoms with van der Waals surface area (Å²) in [6, 6.07) is 6.92. The van der Waals surface area contributed by atoms with Crippen LogP contribution >= 0.6 is 0 Å². The molecule has 2 fully saturated rings. The highest BCUT2D eigenvalue weighted by atomic mass is 15.2. The molecule has 0 amide bonds. The monoisotopic (exact) mass is 310 g/mol. The number of piperazine rings is 1. The van der Waals surface area contributed by atoms with Crippen LogP contribution < -0.4 is 10.2 Å². The molecule has 0 spiro atoms. The summed E-state index contributed by atoms with van der Waals surface area (Å²) in [6.07, 6.45) is 3.83. The van der Waals surface area contributed by atoms with Crippen molar-refractivity contribution in [3.63, 3.8) is 0 Å². The number of anilines is 1. The summed E-state index contributed by atoms with van der Waals surface area (Å²) in [5, 5.41) is 4.93. The standard InChI is InChI=1S/C19H26N4/c1-2-15(4-9-22-12-7-20-8-13-22)18-16(3-1)17-14-5-10-23(11-6-14)19(17)21-18/h1-3,14,20-21H,4-13H2. The molecule has 0 radical (unpaired) electrons. The molecule has 4 aliphatic rings. The molecule has 0 saturated carbocycles. The number of hydrogen-bond donors (Lipinski definition) is 2. The molecule has 0 atom stereocenters. The fourth-order valence-electron chi connectivity index (χ4n) is 4.76. The highest BCUT2D eigenvalue weighted by Crippen LogP contribution is 2.46. The van der Waals surface area contributed by atoms with Gasteiger partial charge in [0.15, 0.2) is 0 Å². The lowest BCUT2D eigenvalue weighted by atomic mass is 9.84. The van der Waals surface area contributed by atoms with Crippen LogP contribution in [-0.4, -0.2) is 55.7 Å². The number of piperidine rings is 1. The summed E-state index contributed by atoms with van der Waals surface area (Å²) in [5.41, 5.74) is 4.52. The van der Waals surface area contributed by atoms with Crippen LogP contribution in [-0.2, 0) is 6.42 Å². The Bertz CT molecular complexity index is 705. The number of fused-ring (bicyclic) bond motifs is 3. The smallest absolute Gasteiger partial charge is 0.110 e. The Balaban J connectivity index is 1.47. The van der Waals surface area contributed by atoms with Crippen molar-refractivity contribution >= 4 is 16.7 Å². The molecule has 2 bridgehead atoms. The van der Waals surface area contributed by atoms with E-state index in [0.717, 1.165) is 25.4 Å². The molecule has 1 aromatic carbocycles. The first-order valence-corrected chi connectivity index (χ1v) is 9.21. The van der Waals surface area contributed by atoms with E-state index in [-0.39, 0.29) is 0 Å². The van der Waals surface area contributed by atoms with E-state index in [9.17, 15) is 0 Å². The van der Waals surface area contributed by atoms with Gasteiger partial charge in [-0.2, -0.15) is 0 Å². The molecule has 2 saturated heterocycles. The number of aromatic nitrogens is 1. The predicted octanol–water partition coefficient (Wildman–Crippen LogP) is 2.31. The van der Waals surface area contributed by atoms with Crippen molar-refractivity contribution in [3.05, 3.63) is 29.3 Å². The molecule has 5 heterocycles. The zero-order chi connectivity index (χ0) is 15.2. The van der Waals surface area contributed by atoms with Gasteiger partial charge in [-0.1, -0.05) is 18.2 Å². The zero-order valence-electron chi connectivity index (χ0n) is 13.8. The average molecular weight is 310 g/mol. The van der Waals surface area contributed by atoms with Gasteiger partial charge in [-0.3, -0.25) is 0 Å². The van der Waals surface area contributed by atoms with E-state index in [2.05, 4.69) is 38.3 Å². The fourth-order valence-corrected chi connectivity index (χ4v) is 4.76. The van der Waals surface area contributed by atoms with E-state index in [1.807, 2.05) is 0 Å². The predicted molar refractivity (Wildman–Crippen MR) is 95.5 cm³/mol. The normalized spacial score (nSPS) is 22.0. The summed E-state index contributed by atoms with van der Waals surface area (Å²) in [6.45, 7) is 8.30. The minimum Gasteiger partial charge on any atom is -0.358 e. The molecule has 2 aromatic rings. The maximum absolute atomic E-state index is 3.80. The quantitative estimate of drug-likeness (QED) is 0.913. The zero-order valence-corrected chi connectivity index (χ0v) is 13.8. The molecule has 4 heteroatoms. The van der Waals surface area contributed by atoms with Crippen molar-refractivity contribution in [1.82, 2.24) is 15.2 Å². The summed E-state index contributed by atoms with van der Waals surface area (Å²) >= 11 is 0. The van der Waals surface area contributed by atoms with Crippen LogP contribution in [0.5, 0.6) is 0 Å². The lowest BCUT2D eigenvalue weighted by Crippen LogP contribution is -2.44. The molecule has 0 unspecified atom stereocenters. The van der Waals surface area contributed by atoms with Crippen LogP contribution in [0, 0.1) is 0 Å². The average Bonchev–Trinajstić information content (AvgIpc) is 3.04. The first-order chi connectivity index (χ1) is 11.4. The summed E-state index contributed by atoms with van der Waals surface area (Å²) in [4.78, 5) is 8.95. The third-order valence-electron chi connectivity index (χ3n) is 6.07. The second-order valence-corrected chi connectivity index (χ2v) is 7.33. The minimum absolute atomic E-state index is 0.784. The van der Waals surface area contributed by atoms with Gasteiger partial charge in [0.05, 0.1) is 5.52 Å². The maximum Gasteiger partial charge on any atom is 0.110 e. The highest BCUT2D eigenvalue weighted by molar-refractivity contribution is 5.92. The van der Waals surface area contributed by atoms with Crippen LogP contribution in [0.25, 0.3) is 10.9 Å². The van der Waals surface area contributed by atoms with Gasteiger partial charge >= 0.3 is 0 Å². The van der Waals surface area contributed by atoms with E-state index in [0.29, 0.717) is 0 Å². The summed E-state index contributed by atoms with van der Waals surface area (Å²) in [7, 11) is 0. The van der Waals surface area contributed by atoms with Gasteiger partial charge in [-0.15, -0.1) is 0 Å². The Morgan fingerprint density at radius 3 is 2.70 bits per heavy atom. The van der Waals surface area contributed by atoms with Gasteiger partial charge in [-0.25, -0.2) is 0 Å². The summed E-state index contributed by atoms with van der Waals surface area (Å²) in [5.74, 6) is 2.21. The SMILES string of the molecule is c1cc(CCN2CCNCC2)c2[nH]c3c(c2c1)C1CCN3CC1. The third-order valence-corrected chi connectivity index (χ3v) is 6.07. The molecule has 0 aliphatic carbocycles. The van der Waals surface area contributed by atoms with Gasteiger partial charge < -0.3 is 20.1 Å². The van der Waals surface area contributed by atoms with Crippen LogP contribution in [0.4, 0.5) is 5.82 Å². The number of aromatic amines is 1. The Hall–Kier alpha value is -1.52. The Labute approximate surface area is 137 Å². The molecule has 23 heavy (non-hydrogen) atoms. The fraction of sp³-hybridized carbons (Fsp3) is 0.579. The van der Waals surface area contributed by atoms with Crippen LogP contribution in [0.3, 0.4) is 0 Å². The molecule has 2 N–H and O–H groups in total. The first kappa shape index (κ1) is 13.9. The van der Waals surface area contributed by atoms with Crippen molar-refractivity contribution in [3.8, 4) is 0 Å². The van der Waals surface area contributed by atoms with Gasteiger partial charge in [0.1, 0.15) is 5.82 Å². The molecular formula is C19H26N4. The number of benzene rings is 1. The van der Waals surface area contributed by atoms with E-state index < -0.39 is 0 Å². The molecule has 6 rings (SSSR count). The molecular weight excluding hydrogens is 284 g/mol. The van der Waals surface area contributed by atoms with E-state index in [1.54, 1.807) is 5.56 Å². The Morgan fingerprint density at radius 2 is 1.87 bits per heavy atom. The van der Waals surface area contributed by atoms with Crippen molar-refractivity contribution in [2.75, 3.05) is 50.7 Å². The number of para-hydroxylation sites is 1. The van der Waals surface area contributed by atoms with Crippen LogP contribution in [0.1, 0.15) is 29.9 Å². The van der Waals surface area contributed by atoms with Gasteiger partial charge in [0, 0.05) is 56.8 Å². The lowest BCUT2D eigenvalue weighted by Gasteiger charge is -2.40. The number of rotatable bonds is 3. The third kappa shape index (κ3) is 2.27. The first-order valence-electron chi connectivity index (χ1n) is 9.21. The van der Waals surface area contributed by atoms with Gasteiger partial charge in [0.25, 0.3) is 0 Å². The van der Waals surface area contributed by atoms with E-state index in [1.165, 1.54) is 67.8 Å². The van der Waals surface area contributed by atoms with E-state index >= 15 is 0 Å². The van der Waals surface area contributed by atoms with Gasteiger partial charge in [-0.05, 0) is 30.7 Å². The molecule has 4 nitrogen and oxygen atoms in total. The van der Waals surface area contributed by atoms with Crippen molar-refractivity contribution in [2.24, 2.45) is 0 Å². The molecule has 122 valence electrons. The molecule has 4 aliphatic heterocycles. The maximum atomic E-state index is 3.80. The summed E-state index contributed by atoms with van der Waals surface area (Å²) < 4.78 is 0.